The van der Waals surface area contributed by atoms with Gasteiger partial charge in [-0.25, -0.2) is 14.9 Å². The lowest BCUT2D eigenvalue weighted by molar-refractivity contribution is 0.249. The predicted octanol–water partition coefficient (Wildman–Crippen LogP) is 1.84. The number of hydrogen-bond donors (Lipinski definition) is 2. The second kappa shape index (κ2) is 5.53. The summed E-state index contributed by atoms with van der Waals surface area (Å²) in [5, 5.41) is 8.43. The molecule has 6 nitrogen and oxygen atoms in total. The molecule has 19 heavy (non-hydrogen) atoms. The van der Waals surface area contributed by atoms with Gasteiger partial charge in [0.05, 0.1) is 23.2 Å². The lowest BCUT2D eigenvalue weighted by Crippen LogP contribution is -2.24. The lowest BCUT2D eigenvalue weighted by Gasteiger charge is -2.01. The van der Waals surface area contributed by atoms with Crippen molar-refractivity contribution >= 4 is 23.8 Å². The Morgan fingerprint density at radius 3 is 2.79 bits per heavy atom. The van der Waals surface area contributed by atoms with E-state index < -0.39 is 6.03 Å². The molecule has 1 heterocycles. The van der Waals surface area contributed by atoms with Gasteiger partial charge in [0.25, 0.3) is 0 Å². The number of urea groups is 1. The maximum atomic E-state index is 10.5. The largest absolute Gasteiger partial charge is 0.350 e. The quantitative estimate of drug-likeness (QED) is 0.662. The maximum absolute atomic E-state index is 10.5. The number of nitrogens with zero attached hydrogens (tertiary/aromatic N) is 3. The fourth-order valence-electron chi connectivity index (χ4n) is 1.56. The second-order valence-electron chi connectivity index (χ2n) is 3.77. The van der Waals surface area contributed by atoms with Crippen LogP contribution in [0.25, 0.3) is 5.69 Å². The molecule has 2 rings (SSSR count). The third-order valence-electron chi connectivity index (χ3n) is 2.42. The number of halogens is 1. The summed E-state index contributed by atoms with van der Waals surface area (Å²) in [6.07, 6.45) is 1.41. The maximum Gasteiger partial charge on any atom is 0.332 e. The van der Waals surface area contributed by atoms with Gasteiger partial charge in [-0.3, -0.25) is 0 Å². The van der Waals surface area contributed by atoms with E-state index in [1.54, 1.807) is 11.6 Å². The third-order valence-corrected chi connectivity index (χ3v) is 2.78. The fourth-order valence-corrected chi connectivity index (χ4v) is 1.88. The van der Waals surface area contributed by atoms with Crippen LogP contribution in [-0.2, 0) is 0 Å². The van der Waals surface area contributed by atoms with Crippen LogP contribution in [0.1, 0.15) is 11.3 Å². The number of nitrogens with one attached hydrogen (secondary N) is 1. The van der Waals surface area contributed by atoms with E-state index in [4.69, 9.17) is 17.3 Å². The highest BCUT2D eigenvalue weighted by Crippen LogP contribution is 2.21. The van der Waals surface area contributed by atoms with Crippen LogP contribution in [0.5, 0.6) is 0 Å². The Hall–Kier alpha value is -2.34. The Morgan fingerprint density at radius 2 is 2.16 bits per heavy atom. The van der Waals surface area contributed by atoms with Crippen LogP contribution < -0.4 is 11.2 Å². The van der Waals surface area contributed by atoms with E-state index in [0.29, 0.717) is 16.4 Å². The molecule has 0 atom stereocenters. The van der Waals surface area contributed by atoms with E-state index in [-0.39, 0.29) is 0 Å². The first-order valence-corrected chi connectivity index (χ1v) is 5.86. The van der Waals surface area contributed by atoms with Gasteiger partial charge in [0.2, 0.25) is 0 Å². The van der Waals surface area contributed by atoms with Gasteiger partial charge in [-0.05, 0) is 19.1 Å². The highest BCUT2D eigenvalue weighted by atomic mass is 35.5. The molecule has 0 radical (unpaired) electrons. The molecule has 0 aliphatic rings. The molecule has 0 aliphatic carbocycles. The van der Waals surface area contributed by atoms with Gasteiger partial charge in [-0.2, -0.15) is 10.2 Å². The fraction of sp³-hybridized carbons (Fsp3) is 0.0833. The van der Waals surface area contributed by atoms with Gasteiger partial charge in [0.15, 0.2) is 0 Å². The smallest absolute Gasteiger partial charge is 0.332 e. The van der Waals surface area contributed by atoms with Gasteiger partial charge >= 0.3 is 6.03 Å². The van der Waals surface area contributed by atoms with E-state index >= 15 is 0 Å². The zero-order valence-electron chi connectivity index (χ0n) is 10.2. The van der Waals surface area contributed by atoms with Crippen LogP contribution in [0.15, 0.2) is 35.4 Å². The molecule has 98 valence electrons. The monoisotopic (exact) mass is 277 g/mol. The Bertz CT molecular complexity index is 621. The number of para-hydroxylation sites is 1. The molecule has 2 amide bonds. The number of carbonyl (C=O) groups excluding carboxylic acids is 1. The van der Waals surface area contributed by atoms with E-state index in [9.17, 15) is 4.79 Å². The lowest BCUT2D eigenvalue weighted by atomic mass is 10.3. The Kier molecular flexibility index (Phi) is 3.82. The molecule has 0 spiro atoms. The molecule has 0 unspecified atom stereocenters. The number of nitrogens with two attached hydrogens (primary N) is 1. The number of hydrazone groups is 1. The van der Waals surface area contributed by atoms with E-state index in [1.807, 2.05) is 30.3 Å². The molecule has 0 saturated heterocycles. The van der Waals surface area contributed by atoms with Crippen LogP contribution in [-0.4, -0.2) is 22.0 Å². The van der Waals surface area contributed by atoms with Gasteiger partial charge in [0.1, 0.15) is 5.15 Å². The van der Waals surface area contributed by atoms with Crippen LogP contribution in [0, 0.1) is 6.92 Å². The summed E-state index contributed by atoms with van der Waals surface area (Å²) < 4.78 is 1.60. The molecular weight excluding hydrogens is 266 g/mol. The van der Waals surface area contributed by atoms with Crippen molar-refractivity contribution in [2.24, 2.45) is 10.8 Å². The first-order valence-electron chi connectivity index (χ1n) is 5.48. The highest BCUT2D eigenvalue weighted by Gasteiger charge is 2.12. The summed E-state index contributed by atoms with van der Waals surface area (Å²) in [5.41, 5.74) is 9.19. The van der Waals surface area contributed by atoms with Gasteiger partial charge in [-0.1, -0.05) is 29.8 Å². The number of carbonyl (C=O) groups is 1. The number of aromatic nitrogens is 2. The van der Waals surface area contributed by atoms with Crippen LogP contribution >= 0.6 is 11.6 Å². The number of rotatable bonds is 3. The number of hydrogen-bond acceptors (Lipinski definition) is 3. The Balaban J connectivity index is 2.35. The Labute approximate surface area is 114 Å². The van der Waals surface area contributed by atoms with Crippen LogP contribution in [0.3, 0.4) is 0 Å². The molecule has 2 aromatic rings. The van der Waals surface area contributed by atoms with E-state index in [1.165, 1.54) is 6.21 Å². The van der Waals surface area contributed by atoms with Crippen molar-refractivity contribution in [3.05, 3.63) is 46.7 Å². The summed E-state index contributed by atoms with van der Waals surface area (Å²) in [6, 6.07) is 8.74. The molecule has 3 N–H and O–H groups in total. The van der Waals surface area contributed by atoms with Crippen molar-refractivity contribution in [2.45, 2.75) is 6.92 Å². The van der Waals surface area contributed by atoms with Gasteiger partial charge in [-0.15, -0.1) is 0 Å². The summed E-state index contributed by atoms with van der Waals surface area (Å²) in [4.78, 5) is 10.5. The summed E-state index contributed by atoms with van der Waals surface area (Å²) in [7, 11) is 0. The predicted molar refractivity (Wildman–Crippen MR) is 73.6 cm³/mol. The number of benzene rings is 1. The van der Waals surface area contributed by atoms with E-state index in [2.05, 4.69) is 15.6 Å². The molecule has 0 saturated carbocycles. The molecule has 1 aromatic carbocycles. The van der Waals surface area contributed by atoms with Crippen LogP contribution in [0.4, 0.5) is 4.79 Å². The van der Waals surface area contributed by atoms with Crippen molar-refractivity contribution in [1.29, 1.82) is 0 Å². The minimum atomic E-state index is -0.736. The molecular formula is C12H12ClN5O. The number of aryl methyl sites for hydroxylation is 1. The minimum absolute atomic E-state index is 0.415. The SMILES string of the molecule is Cc1nn(-c2ccccc2)c(Cl)c1/C=N\NC(N)=O. The average Bonchev–Trinajstić information content (AvgIpc) is 2.67. The average molecular weight is 278 g/mol. The first kappa shape index (κ1) is 13.1. The van der Waals surface area contributed by atoms with Crippen molar-refractivity contribution in [2.75, 3.05) is 0 Å². The van der Waals surface area contributed by atoms with Gasteiger partial charge in [0, 0.05) is 0 Å². The number of primary amides is 1. The molecule has 1 aromatic heterocycles. The standard InChI is InChI=1S/C12H12ClN5O/c1-8-10(7-15-16-12(14)19)11(13)18(17-8)9-5-3-2-4-6-9/h2-7H,1H3,(H3,14,16,19)/b15-7-. The molecule has 7 heteroatoms. The number of amides is 2. The van der Waals surface area contributed by atoms with Crippen molar-refractivity contribution in [3.8, 4) is 5.69 Å². The molecule has 0 bridgehead atoms. The van der Waals surface area contributed by atoms with Gasteiger partial charge < -0.3 is 5.73 Å². The molecule has 0 aliphatic heterocycles. The summed E-state index contributed by atoms with van der Waals surface area (Å²) in [5.74, 6) is 0. The molecule has 0 fully saturated rings. The summed E-state index contributed by atoms with van der Waals surface area (Å²) in [6.45, 7) is 1.80. The topological polar surface area (TPSA) is 85.3 Å². The van der Waals surface area contributed by atoms with Crippen LogP contribution in [0.2, 0.25) is 5.15 Å². The van der Waals surface area contributed by atoms with Crippen molar-refractivity contribution < 1.29 is 4.79 Å². The zero-order chi connectivity index (χ0) is 13.8. The van der Waals surface area contributed by atoms with Crippen molar-refractivity contribution in [1.82, 2.24) is 15.2 Å². The summed E-state index contributed by atoms with van der Waals surface area (Å²) >= 11 is 6.24. The highest BCUT2D eigenvalue weighted by molar-refractivity contribution is 6.32. The normalized spacial score (nSPS) is 10.8. The third kappa shape index (κ3) is 2.92. The zero-order valence-corrected chi connectivity index (χ0v) is 10.9. The van der Waals surface area contributed by atoms with Crippen molar-refractivity contribution in [3.63, 3.8) is 0 Å². The minimum Gasteiger partial charge on any atom is -0.350 e. The van der Waals surface area contributed by atoms with E-state index in [0.717, 1.165) is 5.69 Å². The Morgan fingerprint density at radius 1 is 1.47 bits per heavy atom. The first-order chi connectivity index (χ1) is 9.09. The second-order valence-corrected chi connectivity index (χ2v) is 4.13.